The molecule has 0 saturated carbocycles. The Morgan fingerprint density at radius 3 is 2.50 bits per heavy atom. The number of nitrogens with one attached hydrogen (secondary N) is 1. The number of amidine groups is 1. The Morgan fingerprint density at radius 1 is 1.43 bits per heavy atom. The van der Waals surface area contributed by atoms with Gasteiger partial charge in [0.05, 0.1) is 19.8 Å². The molecule has 14 heavy (non-hydrogen) atoms. The highest BCUT2D eigenvalue weighted by atomic mass is 31.2. The van der Waals surface area contributed by atoms with Crippen molar-refractivity contribution in [3.63, 3.8) is 0 Å². The highest BCUT2D eigenvalue weighted by Crippen LogP contribution is 2.47. The summed E-state index contributed by atoms with van der Waals surface area (Å²) >= 11 is 0. The summed E-state index contributed by atoms with van der Waals surface area (Å²) in [5.74, 6) is 0.732. The minimum atomic E-state index is -2.96. The number of hydrogen-bond acceptors (Lipinski definition) is 5. The molecule has 0 spiro atoms. The van der Waals surface area contributed by atoms with Gasteiger partial charge in [-0.2, -0.15) is 0 Å². The second kappa shape index (κ2) is 5.49. The molecule has 0 aromatic rings. The highest BCUT2D eigenvalue weighted by molar-refractivity contribution is 7.54. The van der Waals surface area contributed by atoms with Gasteiger partial charge in [-0.3, -0.25) is 9.56 Å². The third kappa shape index (κ3) is 3.40. The standard InChI is InChI=1S/C8H17N2O3P/c1-3-12-14(11,13-4-2)7-8-9-5-6-10-8/h3-7H2,1-2H3,(H,9,10). The van der Waals surface area contributed by atoms with Gasteiger partial charge in [0.15, 0.2) is 0 Å². The fraction of sp³-hybridized carbons (Fsp3) is 0.875. The first-order valence-electron chi connectivity index (χ1n) is 4.85. The Labute approximate surface area is 84.4 Å². The average molecular weight is 220 g/mol. The Morgan fingerprint density at radius 2 is 2.07 bits per heavy atom. The molecule has 1 aliphatic rings. The molecule has 82 valence electrons. The van der Waals surface area contributed by atoms with Crippen molar-refractivity contribution in [1.29, 1.82) is 0 Å². The maximum Gasteiger partial charge on any atom is 0.338 e. The first kappa shape index (κ1) is 11.7. The lowest BCUT2D eigenvalue weighted by molar-refractivity contribution is 0.223. The summed E-state index contributed by atoms with van der Waals surface area (Å²) in [4.78, 5) is 4.16. The van der Waals surface area contributed by atoms with E-state index in [9.17, 15) is 4.57 Å². The van der Waals surface area contributed by atoms with Gasteiger partial charge >= 0.3 is 7.60 Å². The molecule has 5 nitrogen and oxygen atoms in total. The predicted molar refractivity (Wildman–Crippen MR) is 56.0 cm³/mol. The van der Waals surface area contributed by atoms with E-state index in [2.05, 4.69) is 10.3 Å². The van der Waals surface area contributed by atoms with Crippen molar-refractivity contribution in [2.24, 2.45) is 4.99 Å². The molecule has 0 radical (unpaired) electrons. The van der Waals surface area contributed by atoms with Gasteiger partial charge in [-0.05, 0) is 13.8 Å². The van der Waals surface area contributed by atoms with Crippen molar-refractivity contribution in [2.45, 2.75) is 13.8 Å². The Hall–Kier alpha value is -0.380. The third-order valence-electron chi connectivity index (χ3n) is 1.74. The second-order valence-electron chi connectivity index (χ2n) is 2.86. The van der Waals surface area contributed by atoms with Gasteiger partial charge in [-0.25, -0.2) is 0 Å². The average Bonchev–Trinajstić information content (AvgIpc) is 2.57. The summed E-state index contributed by atoms with van der Waals surface area (Å²) in [7, 11) is -2.96. The summed E-state index contributed by atoms with van der Waals surface area (Å²) in [5, 5.41) is 3.05. The van der Waals surface area contributed by atoms with Gasteiger partial charge < -0.3 is 14.4 Å². The van der Waals surface area contributed by atoms with E-state index in [0.29, 0.717) is 13.2 Å². The number of aliphatic imine (C=N–C) groups is 1. The molecule has 1 N–H and O–H groups in total. The predicted octanol–water partition coefficient (Wildman–Crippen LogP) is 1.25. The minimum Gasteiger partial charge on any atom is -0.371 e. The van der Waals surface area contributed by atoms with Crippen molar-refractivity contribution in [1.82, 2.24) is 5.32 Å². The van der Waals surface area contributed by atoms with Crippen LogP contribution in [0.1, 0.15) is 13.8 Å². The molecule has 0 aromatic heterocycles. The Balaban J connectivity index is 2.53. The first-order chi connectivity index (χ1) is 6.70. The lowest BCUT2D eigenvalue weighted by Gasteiger charge is -2.16. The van der Waals surface area contributed by atoms with E-state index >= 15 is 0 Å². The summed E-state index contributed by atoms with van der Waals surface area (Å²) in [6, 6.07) is 0. The highest BCUT2D eigenvalue weighted by Gasteiger charge is 2.26. The van der Waals surface area contributed by atoms with E-state index in [1.54, 1.807) is 13.8 Å². The van der Waals surface area contributed by atoms with Crippen LogP contribution in [0, 0.1) is 0 Å². The smallest absolute Gasteiger partial charge is 0.338 e. The number of rotatable bonds is 6. The van der Waals surface area contributed by atoms with Crippen LogP contribution in [-0.4, -0.2) is 38.3 Å². The Kier molecular flexibility index (Phi) is 4.58. The van der Waals surface area contributed by atoms with E-state index in [1.165, 1.54) is 0 Å². The topological polar surface area (TPSA) is 59.9 Å². The van der Waals surface area contributed by atoms with Crippen LogP contribution in [0.3, 0.4) is 0 Å². The van der Waals surface area contributed by atoms with E-state index in [1.807, 2.05) is 0 Å². The maximum absolute atomic E-state index is 12.0. The normalized spacial score (nSPS) is 16.6. The van der Waals surface area contributed by atoms with E-state index in [0.717, 1.165) is 18.9 Å². The quantitative estimate of drug-likeness (QED) is 0.684. The third-order valence-corrected chi connectivity index (χ3v) is 3.73. The molecule has 1 heterocycles. The molecule has 0 saturated heterocycles. The van der Waals surface area contributed by atoms with Crippen molar-refractivity contribution in [3.05, 3.63) is 0 Å². The summed E-state index contributed by atoms with van der Waals surface area (Å²) < 4.78 is 22.3. The molecule has 0 atom stereocenters. The molecular formula is C8H17N2O3P. The van der Waals surface area contributed by atoms with Crippen molar-refractivity contribution in [3.8, 4) is 0 Å². The monoisotopic (exact) mass is 220 g/mol. The van der Waals surface area contributed by atoms with Gasteiger partial charge in [0.1, 0.15) is 12.0 Å². The van der Waals surface area contributed by atoms with Crippen LogP contribution in [0.4, 0.5) is 0 Å². The molecule has 0 aliphatic carbocycles. The van der Waals surface area contributed by atoms with Gasteiger partial charge in [0.25, 0.3) is 0 Å². The molecule has 1 rings (SSSR count). The van der Waals surface area contributed by atoms with Gasteiger partial charge in [-0.15, -0.1) is 0 Å². The molecule has 0 amide bonds. The van der Waals surface area contributed by atoms with Crippen LogP contribution in [0.15, 0.2) is 4.99 Å². The van der Waals surface area contributed by atoms with Crippen LogP contribution in [0.5, 0.6) is 0 Å². The largest absolute Gasteiger partial charge is 0.371 e. The van der Waals surface area contributed by atoms with Crippen molar-refractivity contribution < 1.29 is 13.6 Å². The lowest BCUT2D eigenvalue weighted by atomic mass is 10.7. The van der Waals surface area contributed by atoms with Crippen LogP contribution in [0.25, 0.3) is 0 Å². The first-order valence-corrected chi connectivity index (χ1v) is 6.58. The van der Waals surface area contributed by atoms with Gasteiger partial charge in [0.2, 0.25) is 0 Å². The number of nitrogens with zero attached hydrogens (tertiary/aromatic N) is 1. The molecule has 6 heteroatoms. The van der Waals surface area contributed by atoms with Gasteiger partial charge in [0, 0.05) is 6.54 Å². The maximum atomic E-state index is 12.0. The van der Waals surface area contributed by atoms with E-state index < -0.39 is 7.60 Å². The van der Waals surface area contributed by atoms with Crippen LogP contribution in [-0.2, 0) is 13.6 Å². The summed E-state index contributed by atoms with van der Waals surface area (Å²) in [6.45, 7) is 5.95. The number of hydrogen-bond donors (Lipinski definition) is 1. The van der Waals surface area contributed by atoms with E-state index in [-0.39, 0.29) is 6.16 Å². The lowest BCUT2D eigenvalue weighted by Crippen LogP contribution is -2.23. The van der Waals surface area contributed by atoms with E-state index in [4.69, 9.17) is 9.05 Å². The van der Waals surface area contributed by atoms with Crippen LogP contribution >= 0.6 is 7.60 Å². The molecule has 0 unspecified atom stereocenters. The molecule has 0 fully saturated rings. The van der Waals surface area contributed by atoms with Crippen LogP contribution < -0.4 is 5.32 Å². The Bertz CT molecular complexity index is 245. The van der Waals surface area contributed by atoms with Gasteiger partial charge in [-0.1, -0.05) is 0 Å². The van der Waals surface area contributed by atoms with Crippen molar-refractivity contribution in [2.75, 3.05) is 32.5 Å². The minimum absolute atomic E-state index is 0.259. The van der Waals surface area contributed by atoms with Crippen molar-refractivity contribution >= 4 is 13.4 Å². The summed E-state index contributed by atoms with van der Waals surface area (Å²) in [5.41, 5.74) is 0. The zero-order valence-corrected chi connectivity index (χ0v) is 9.55. The zero-order valence-electron chi connectivity index (χ0n) is 8.65. The zero-order chi connectivity index (χ0) is 10.4. The fourth-order valence-corrected chi connectivity index (χ4v) is 2.88. The SMILES string of the molecule is CCOP(=O)(CC1=NCCN1)OCC. The second-order valence-corrected chi connectivity index (χ2v) is 4.91. The molecule has 1 aliphatic heterocycles. The van der Waals surface area contributed by atoms with Crippen LogP contribution in [0.2, 0.25) is 0 Å². The fourth-order valence-electron chi connectivity index (χ4n) is 1.26. The molecule has 0 aromatic carbocycles. The molecule has 0 bridgehead atoms. The summed E-state index contributed by atoms with van der Waals surface area (Å²) in [6.07, 6.45) is 0.259. The molecular weight excluding hydrogens is 203 g/mol.